The van der Waals surface area contributed by atoms with Crippen molar-refractivity contribution in [3.05, 3.63) is 59.8 Å². The first-order valence-electron chi connectivity index (χ1n) is 9.31. The minimum Gasteiger partial charge on any atom is -0.339 e. The number of carbonyl (C=O) groups excluding carboxylic acids is 1. The van der Waals surface area contributed by atoms with E-state index in [1.54, 1.807) is 6.20 Å². The zero-order valence-corrected chi connectivity index (χ0v) is 16.3. The number of nitrogens with one attached hydrogen (secondary N) is 3. The number of carbonyl (C=O) groups is 1. The summed E-state index contributed by atoms with van der Waals surface area (Å²) in [5.74, 6) is 0.919. The monoisotopic (exact) mass is 376 g/mol. The van der Waals surface area contributed by atoms with Crippen molar-refractivity contribution in [3.8, 4) is 0 Å². The number of para-hydroxylation sites is 1. The Labute approximate surface area is 164 Å². The van der Waals surface area contributed by atoms with Crippen LogP contribution in [0.3, 0.4) is 0 Å². The van der Waals surface area contributed by atoms with E-state index in [1.807, 2.05) is 24.3 Å². The number of amides is 1. The predicted molar refractivity (Wildman–Crippen MR) is 112 cm³/mol. The number of rotatable bonds is 7. The van der Waals surface area contributed by atoms with Gasteiger partial charge in [-0.3, -0.25) is 4.79 Å². The third-order valence-corrected chi connectivity index (χ3v) is 4.27. The Morgan fingerprint density at radius 1 is 0.929 bits per heavy atom. The van der Waals surface area contributed by atoms with Crippen LogP contribution in [-0.4, -0.2) is 21.1 Å². The number of nitrogens with zero attached hydrogens (tertiary/aromatic N) is 3. The summed E-state index contributed by atoms with van der Waals surface area (Å²) in [4.78, 5) is 15.6. The fourth-order valence-corrected chi connectivity index (χ4v) is 2.92. The molecule has 7 heteroatoms. The Hall–Kier alpha value is -3.48. The molecule has 0 unspecified atom stereocenters. The van der Waals surface area contributed by atoms with Gasteiger partial charge in [0, 0.05) is 24.0 Å². The van der Waals surface area contributed by atoms with Gasteiger partial charge in [-0.1, -0.05) is 32.0 Å². The highest BCUT2D eigenvalue weighted by atomic mass is 16.1. The lowest BCUT2D eigenvalue weighted by Gasteiger charge is -2.14. The fraction of sp³-hybridized carbons (Fsp3) is 0.238. The topological polar surface area (TPSA) is 91.8 Å². The molecule has 0 fully saturated rings. The average Bonchev–Trinajstić information content (AvgIpc) is 2.69. The maximum atomic E-state index is 11.1. The molecule has 2 aromatic carbocycles. The van der Waals surface area contributed by atoms with E-state index in [9.17, 15) is 4.79 Å². The van der Waals surface area contributed by atoms with Crippen molar-refractivity contribution in [2.24, 2.45) is 0 Å². The number of benzene rings is 2. The van der Waals surface area contributed by atoms with Gasteiger partial charge in [-0.05, 0) is 48.2 Å². The molecule has 1 aromatic heterocycles. The van der Waals surface area contributed by atoms with Gasteiger partial charge in [-0.15, -0.1) is 5.10 Å². The molecule has 7 nitrogen and oxygen atoms in total. The highest BCUT2D eigenvalue weighted by Crippen LogP contribution is 2.25. The van der Waals surface area contributed by atoms with Gasteiger partial charge in [0.1, 0.15) is 0 Å². The van der Waals surface area contributed by atoms with Crippen molar-refractivity contribution in [3.63, 3.8) is 0 Å². The molecule has 3 N–H and O–H groups in total. The highest BCUT2D eigenvalue weighted by Gasteiger charge is 2.09. The third kappa shape index (κ3) is 4.82. The van der Waals surface area contributed by atoms with Gasteiger partial charge in [0.2, 0.25) is 11.9 Å². The van der Waals surface area contributed by atoms with Gasteiger partial charge in [0.25, 0.3) is 0 Å². The molecule has 0 spiro atoms. The zero-order valence-electron chi connectivity index (χ0n) is 16.3. The largest absolute Gasteiger partial charge is 0.339 e. The maximum absolute atomic E-state index is 11.1. The number of anilines is 5. The second-order valence-corrected chi connectivity index (χ2v) is 6.33. The molecule has 1 heterocycles. The lowest BCUT2D eigenvalue weighted by atomic mass is 10.0. The number of aryl methyl sites for hydroxylation is 2. The van der Waals surface area contributed by atoms with Crippen LogP contribution >= 0.6 is 0 Å². The summed E-state index contributed by atoms with van der Waals surface area (Å²) in [7, 11) is 0. The van der Waals surface area contributed by atoms with Gasteiger partial charge >= 0.3 is 0 Å². The molecule has 28 heavy (non-hydrogen) atoms. The minimum atomic E-state index is -0.102. The second kappa shape index (κ2) is 8.94. The van der Waals surface area contributed by atoms with Gasteiger partial charge < -0.3 is 16.0 Å². The molecule has 3 rings (SSSR count). The van der Waals surface area contributed by atoms with Gasteiger partial charge in [-0.2, -0.15) is 10.1 Å². The summed E-state index contributed by atoms with van der Waals surface area (Å²) in [5, 5.41) is 17.4. The van der Waals surface area contributed by atoms with Gasteiger partial charge in [0.15, 0.2) is 5.82 Å². The predicted octanol–water partition coefficient (Wildman–Crippen LogP) is 4.44. The van der Waals surface area contributed by atoms with E-state index in [4.69, 9.17) is 0 Å². The van der Waals surface area contributed by atoms with Crippen LogP contribution in [0.15, 0.2) is 48.7 Å². The van der Waals surface area contributed by atoms with Crippen molar-refractivity contribution >= 4 is 34.7 Å². The summed E-state index contributed by atoms with van der Waals surface area (Å²) in [6, 6.07) is 13.7. The lowest BCUT2D eigenvalue weighted by Crippen LogP contribution is -2.06. The van der Waals surface area contributed by atoms with E-state index in [0.717, 1.165) is 29.9 Å². The SMILES string of the molecule is CCc1cccc(CC)c1Nc1nncc(Nc2ccc(NC(C)=O)cc2)n1. The van der Waals surface area contributed by atoms with Crippen LogP contribution in [0.1, 0.15) is 31.9 Å². The first kappa shape index (κ1) is 19.3. The van der Waals surface area contributed by atoms with Crippen molar-refractivity contribution in [1.82, 2.24) is 15.2 Å². The molecule has 0 bridgehead atoms. The lowest BCUT2D eigenvalue weighted by molar-refractivity contribution is -0.114. The molecular formula is C21H24N6O. The van der Waals surface area contributed by atoms with E-state index in [-0.39, 0.29) is 5.91 Å². The van der Waals surface area contributed by atoms with E-state index in [1.165, 1.54) is 18.1 Å². The zero-order chi connectivity index (χ0) is 19.9. The molecule has 1 amide bonds. The Morgan fingerprint density at radius 3 is 2.18 bits per heavy atom. The smallest absolute Gasteiger partial charge is 0.249 e. The summed E-state index contributed by atoms with van der Waals surface area (Å²) >= 11 is 0. The van der Waals surface area contributed by atoms with E-state index in [0.29, 0.717) is 11.8 Å². The molecule has 0 radical (unpaired) electrons. The van der Waals surface area contributed by atoms with Crippen LogP contribution < -0.4 is 16.0 Å². The van der Waals surface area contributed by atoms with Crippen LogP contribution in [0.25, 0.3) is 0 Å². The van der Waals surface area contributed by atoms with Gasteiger partial charge in [0.05, 0.1) is 6.20 Å². The number of hydrogen-bond donors (Lipinski definition) is 3. The van der Waals surface area contributed by atoms with E-state index < -0.39 is 0 Å². The summed E-state index contributed by atoms with van der Waals surface area (Å²) in [6.07, 6.45) is 3.41. The van der Waals surface area contributed by atoms with Crippen LogP contribution in [0, 0.1) is 0 Å². The summed E-state index contributed by atoms with van der Waals surface area (Å²) in [5.41, 5.74) is 5.06. The Kier molecular flexibility index (Phi) is 6.16. The Bertz CT molecular complexity index is 933. The second-order valence-electron chi connectivity index (χ2n) is 6.33. The van der Waals surface area contributed by atoms with Crippen molar-refractivity contribution in [2.75, 3.05) is 16.0 Å². The average molecular weight is 376 g/mol. The molecule has 0 aliphatic heterocycles. The molecule has 144 valence electrons. The van der Waals surface area contributed by atoms with Crippen LogP contribution in [0.5, 0.6) is 0 Å². The van der Waals surface area contributed by atoms with Crippen molar-refractivity contribution < 1.29 is 4.79 Å². The first-order chi connectivity index (χ1) is 13.6. The normalized spacial score (nSPS) is 10.4. The quantitative estimate of drug-likeness (QED) is 0.564. The standard InChI is InChI=1S/C21H24N6O/c1-4-15-7-6-8-16(5-2)20(15)26-21-25-19(13-22-27-21)24-18-11-9-17(10-12-18)23-14(3)28/h6-13H,4-5H2,1-3H3,(H,23,28)(H2,24,25,26,27). The molecule has 0 atom stereocenters. The first-order valence-corrected chi connectivity index (χ1v) is 9.31. The molecule has 0 aliphatic rings. The summed E-state index contributed by atoms with van der Waals surface area (Å²) < 4.78 is 0. The van der Waals surface area contributed by atoms with Crippen LogP contribution in [0.4, 0.5) is 28.8 Å². The summed E-state index contributed by atoms with van der Waals surface area (Å²) in [6.45, 7) is 5.73. The minimum absolute atomic E-state index is 0.102. The highest BCUT2D eigenvalue weighted by molar-refractivity contribution is 5.88. The van der Waals surface area contributed by atoms with E-state index in [2.05, 4.69) is 63.2 Å². The molecule has 0 saturated heterocycles. The molecular weight excluding hydrogens is 352 g/mol. The van der Waals surface area contributed by atoms with Crippen LogP contribution in [0.2, 0.25) is 0 Å². The number of hydrogen-bond acceptors (Lipinski definition) is 6. The molecule has 0 aliphatic carbocycles. The number of aromatic nitrogens is 3. The molecule has 3 aromatic rings. The Morgan fingerprint density at radius 2 is 1.57 bits per heavy atom. The maximum Gasteiger partial charge on any atom is 0.249 e. The molecule has 0 saturated carbocycles. The Balaban J connectivity index is 1.77. The fourth-order valence-electron chi connectivity index (χ4n) is 2.92. The van der Waals surface area contributed by atoms with Gasteiger partial charge in [-0.25, -0.2) is 0 Å². The third-order valence-electron chi connectivity index (χ3n) is 4.27. The van der Waals surface area contributed by atoms with Crippen molar-refractivity contribution in [2.45, 2.75) is 33.6 Å². The van der Waals surface area contributed by atoms with Crippen molar-refractivity contribution in [1.29, 1.82) is 0 Å². The van der Waals surface area contributed by atoms with Crippen LogP contribution in [-0.2, 0) is 17.6 Å². The van der Waals surface area contributed by atoms with E-state index >= 15 is 0 Å².